The van der Waals surface area contributed by atoms with Crippen LogP contribution >= 0.6 is 0 Å². The largest absolute Gasteiger partial charge is 0.353 e. The van der Waals surface area contributed by atoms with Crippen molar-refractivity contribution in [3.05, 3.63) is 263 Å². The predicted octanol–water partition coefficient (Wildman–Crippen LogP) is 29.6. The molecule has 0 spiro atoms. The number of aromatic amines is 2. The molecule has 0 atom stereocenters. The van der Waals surface area contributed by atoms with Crippen LogP contribution in [0.3, 0.4) is 0 Å². The lowest BCUT2D eigenvalue weighted by Crippen LogP contribution is -2.02. The fraction of sp³-hybridized carbons (Fsp3) is 0.240. The average Bonchev–Trinajstić information content (AvgIpc) is 1.54. The minimum Gasteiger partial charge on any atom is -0.353 e. The Hall–Kier alpha value is -10.7. The molecule has 514 valence electrons. The van der Waals surface area contributed by atoms with E-state index in [0.29, 0.717) is 0 Å². The quantitative estimate of drug-likeness (QED) is 0.128. The van der Waals surface area contributed by atoms with Crippen molar-refractivity contribution in [1.82, 2.24) is 19.9 Å². The molecule has 0 fully saturated rings. The van der Waals surface area contributed by atoms with Gasteiger partial charge in [0.2, 0.25) is 0 Å². The van der Waals surface area contributed by atoms with Crippen molar-refractivity contribution in [1.29, 1.82) is 0 Å². The van der Waals surface area contributed by atoms with E-state index >= 15 is 0 Å². The second-order valence-corrected chi connectivity index (χ2v) is 32.3. The topological polar surface area (TPSA) is 57.4 Å². The van der Waals surface area contributed by atoms with Gasteiger partial charge in [0.05, 0.1) is 44.8 Å². The van der Waals surface area contributed by atoms with E-state index in [1.54, 1.807) is 0 Å². The lowest BCUT2D eigenvalue weighted by atomic mass is 9.82. The van der Waals surface area contributed by atoms with Crippen LogP contribution in [-0.4, -0.2) is 19.9 Å². The summed E-state index contributed by atoms with van der Waals surface area (Å²) in [6.07, 6.45) is 0. The van der Waals surface area contributed by atoms with Gasteiger partial charge in [-0.25, -0.2) is 9.97 Å². The molecule has 1 aliphatic carbocycles. The number of nitrogens with zero attached hydrogens (tertiary/aromatic N) is 2. The summed E-state index contributed by atoms with van der Waals surface area (Å²) >= 11 is 0. The van der Waals surface area contributed by atoms with Crippen LogP contribution in [0.1, 0.15) is 203 Å². The highest BCUT2D eigenvalue weighted by atomic mass is 14.8. The number of hydrogen-bond donors (Lipinski definition) is 2. The third kappa shape index (κ3) is 10.6. The van der Waals surface area contributed by atoms with Gasteiger partial charge in [-0.3, -0.25) is 0 Å². The highest BCUT2D eigenvalue weighted by molar-refractivity contribution is 6.26. The third-order valence-electron chi connectivity index (χ3n) is 23.0. The minimum absolute atomic E-state index is 0.149. The van der Waals surface area contributed by atoms with Crippen molar-refractivity contribution >= 4 is 86.7 Å². The maximum atomic E-state index is 6.72. The highest BCUT2D eigenvalue weighted by Crippen LogP contribution is 2.58. The molecule has 104 heavy (non-hydrogen) atoms. The summed E-state index contributed by atoms with van der Waals surface area (Å²) in [5.74, 6) is 1.19. The second-order valence-electron chi connectivity index (χ2n) is 32.3. The molecular weight excluding hydrogens is 1260 g/mol. The van der Waals surface area contributed by atoms with Gasteiger partial charge in [0.1, 0.15) is 0 Å². The van der Waals surface area contributed by atoms with Crippen LogP contribution in [0.2, 0.25) is 0 Å². The Balaban J connectivity index is 1.31. The van der Waals surface area contributed by atoms with Crippen molar-refractivity contribution in [2.24, 2.45) is 0 Å². The average molecular weight is 1350 g/mol. The SMILES string of the molecule is CC(C)c1cccc(C(C)C)c1-c1c2nc(c(-c3c(C(C)C)cccc3C(C)C)c3[nH]c(c(-c4c(C(C)C)cccc4C(C)C)c4nc(c(-c5c(C(C)C)cccc5C(C)C)c5[nH]c1c1cc6ccccc6cc51)-c1cc5ccccc5cc1-4)c1cc4ccccc4cc31)-c1cc3ccccc3cc1-2. The Morgan fingerprint density at radius 3 is 0.519 bits per heavy atom. The van der Waals surface area contributed by atoms with Crippen LogP contribution in [0.5, 0.6) is 0 Å². The Morgan fingerprint density at radius 2 is 0.356 bits per heavy atom. The molecule has 0 unspecified atom stereocenters. The maximum Gasteiger partial charge on any atom is 0.0816 e. The van der Waals surface area contributed by atoms with Crippen molar-refractivity contribution in [3.8, 4) is 89.5 Å². The Morgan fingerprint density at radius 1 is 0.192 bits per heavy atom. The molecule has 8 bridgehead atoms. The molecule has 0 saturated carbocycles. The first-order chi connectivity index (χ1) is 50.2. The summed E-state index contributed by atoms with van der Waals surface area (Å²) in [4.78, 5) is 22.8. The van der Waals surface area contributed by atoms with E-state index in [4.69, 9.17) is 9.97 Å². The van der Waals surface area contributed by atoms with Gasteiger partial charge in [-0.1, -0.05) is 281 Å². The van der Waals surface area contributed by atoms with Gasteiger partial charge in [0, 0.05) is 66.1 Å². The van der Waals surface area contributed by atoms with Crippen molar-refractivity contribution < 1.29 is 0 Å². The van der Waals surface area contributed by atoms with Crippen LogP contribution in [0, 0.1) is 0 Å². The molecular formula is C100H94N4. The third-order valence-corrected chi connectivity index (χ3v) is 23.0. The number of hydrogen-bond acceptors (Lipinski definition) is 2. The number of fused-ring (bicyclic) bond motifs is 4. The van der Waals surface area contributed by atoms with E-state index in [1.165, 1.54) is 110 Å². The Kier molecular flexibility index (Phi) is 16.4. The Labute approximate surface area is 613 Å². The van der Waals surface area contributed by atoms with Crippen LogP contribution in [0.25, 0.3) is 176 Å². The number of aromatic nitrogens is 4. The molecule has 0 amide bonds. The van der Waals surface area contributed by atoms with Gasteiger partial charge in [-0.2, -0.15) is 0 Å². The fourth-order valence-corrected chi connectivity index (χ4v) is 17.9. The smallest absolute Gasteiger partial charge is 0.0816 e. The second kappa shape index (κ2) is 25.6. The molecule has 14 aromatic rings. The summed E-state index contributed by atoms with van der Waals surface area (Å²) in [6.45, 7) is 38.1. The van der Waals surface area contributed by atoms with Crippen LogP contribution in [-0.2, 0) is 0 Å². The fourth-order valence-electron chi connectivity index (χ4n) is 17.9. The number of rotatable bonds is 12. The number of nitrogens with one attached hydrogen (secondary N) is 2. The molecule has 0 saturated heterocycles. The van der Waals surface area contributed by atoms with E-state index in [-0.39, 0.29) is 47.3 Å². The molecule has 17 rings (SSSR count). The first-order valence-electron chi connectivity index (χ1n) is 38.3. The highest BCUT2D eigenvalue weighted by Gasteiger charge is 2.36. The van der Waals surface area contributed by atoms with E-state index in [0.717, 1.165) is 111 Å². The molecule has 2 aliphatic heterocycles. The van der Waals surface area contributed by atoms with Crippen molar-refractivity contribution in [3.63, 3.8) is 0 Å². The molecule has 12 aromatic carbocycles. The molecule has 4 heteroatoms. The molecule has 2 aromatic heterocycles. The van der Waals surface area contributed by atoms with E-state index in [2.05, 4.69) is 339 Å². The van der Waals surface area contributed by atoms with Crippen LogP contribution in [0.15, 0.2) is 218 Å². The molecule has 4 heterocycles. The minimum atomic E-state index is 0.149. The van der Waals surface area contributed by atoms with Crippen LogP contribution < -0.4 is 0 Å². The van der Waals surface area contributed by atoms with Gasteiger partial charge < -0.3 is 9.97 Å². The van der Waals surface area contributed by atoms with E-state index < -0.39 is 0 Å². The van der Waals surface area contributed by atoms with E-state index in [1.807, 2.05) is 0 Å². The van der Waals surface area contributed by atoms with Crippen molar-refractivity contribution in [2.45, 2.75) is 158 Å². The van der Waals surface area contributed by atoms with Gasteiger partial charge in [-0.05, 0) is 206 Å². The van der Waals surface area contributed by atoms with Crippen molar-refractivity contribution in [2.75, 3.05) is 0 Å². The lowest BCUT2D eigenvalue weighted by Gasteiger charge is -2.22. The summed E-state index contributed by atoms with van der Waals surface area (Å²) in [5, 5.41) is 13.9. The zero-order chi connectivity index (χ0) is 72.0. The molecule has 3 aliphatic rings. The monoisotopic (exact) mass is 1350 g/mol. The van der Waals surface area contributed by atoms with Gasteiger partial charge in [-0.15, -0.1) is 0 Å². The zero-order valence-electron chi connectivity index (χ0n) is 63.3. The molecule has 4 nitrogen and oxygen atoms in total. The normalized spacial score (nSPS) is 12.5. The first-order valence-corrected chi connectivity index (χ1v) is 38.3. The molecule has 2 N–H and O–H groups in total. The summed E-state index contributed by atoms with van der Waals surface area (Å²) < 4.78 is 0. The van der Waals surface area contributed by atoms with Crippen LogP contribution in [0.4, 0.5) is 0 Å². The summed E-state index contributed by atoms with van der Waals surface area (Å²) in [6, 6.07) is 84.3. The molecule has 0 radical (unpaired) electrons. The van der Waals surface area contributed by atoms with Gasteiger partial charge >= 0.3 is 0 Å². The van der Waals surface area contributed by atoms with E-state index in [9.17, 15) is 0 Å². The summed E-state index contributed by atoms with van der Waals surface area (Å²) in [7, 11) is 0. The maximum absolute atomic E-state index is 6.72. The number of H-pyrrole nitrogens is 2. The lowest BCUT2D eigenvalue weighted by molar-refractivity contribution is 0.838. The number of benzene rings is 12. The van der Waals surface area contributed by atoms with Gasteiger partial charge in [0.25, 0.3) is 0 Å². The zero-order valence-corrected chi connectivity index (χ0v) is 63.3. The summed E-state index contributed by atoms with van der Waals surface area (Å²) in [5.41, 5.74) is 32.0. The van der Waals surface area contributed by atoms with Gasteiger partial charge in [0.15, 0.2) is 0 Å². The first kappa shape index (κ1) is 66.6. The predicted molar refractivity (Wildman–Crippen MR) is 449 cm³/mol. The Bertz CT molecular complexity index is 5400. The standard InChI is InChI=1S/C100H94N4/c1-53(2)69-37-25-38-70(54(3)4)85(69)89-93-77-45-61-29-17-19-31-63(61)47-79(77)95(101-93)90(86-71(55(5)6)39-26-40-72(86)56(7)8)97-81-49-65-33-21-23-35-67(65)51-83(81)99(103-97)92(88-75(59(13)14)43-28-44-76(88)60(15)16)100-84-52-68-36-24-22-34-66(68)50-82(84)98(104-100)91(87-73(57(9)10)41-27-42-74(87)58(11)12)96-80-48-64-32-20-18-30-62(64)46-78(80)94(89)102-96/h17-60,101,104H,1-16H3.